The van der Waals surface area contributed by atoms with E-state index in [0.717, 1.165) is 0 Å². The summed E-state index contributed by atoms with van der Waals surface area (Å²) in [6.45, 7) is 6.85. The van der Waals surface area contributed by atoms with Gasteiger partial charge in [-0.1, -0.05) is 32.0 Å². The van der Waals surface area contributed by atoms with Crippen molar-refractivity contribution >= 4 is 7.60 Å². The molecule has 1 aromatic carbocycles. The molecular formula is C13H21O4P. The summed E-state index contributed by atoms with van der Waals surface area (Å²) >= 11 is 0. The normalized spacial score (nSPS) is 13.7. The van der Waals surface area contributed by atoms with Crippen LogP contribution in [0.5, 0.6) is 5.75 Å². The Morgan fingerprint density at radius 1 is 1.11 bits per heavy atom. The van der Waals surface area contributed by atoms with Crippen LogP contribution < -0.4 is 0 Å². The molecule has 0 saturated carbocycles. The van der Waals surface area contributed by atoms with Crippen molar-refractivity contribution < 1.29 is 19.5 Å². The van der Waals surface area contributed by atoms with Gasteiger partial charge in [-0.15, -0.1) is 0 Å². The van der Waals surface area contributed by atoms with E-state index in [-0.39, 0.29) is 12.2 Å². The Morgan fingerprint density at radius 2 is 1.61 bits per heavy atom. The van der Waals surface area contributed by atoms with E-state index in [2.05, 4.69) is 0 Å². The summed E-state index contributed by atoms with van der Waals surface area (Å²) in [7, 11) is -4.18. The molecule has 0 aliphatic rings. The number of phenols is 1. The number of phenolic OH excluding ortho intramolecular Hbond substituents is 1. The Hall–Kier alpha value is -0.830. The molecule has 0 aliphatic heterocycles. The quantitative estimate of drug-likeness (QED) is 0.736. The highest BCUT2D eigenvalue weighted by Crippen LogP contribution is 2.55. The number of rotatable bonds is 4. The number of aromatic hydroxyl groups is 1. The lowest BCUT2D eigenvalue weighted by molar-refractivity contribution is 0.301. The van der Waals surface area contributed by atoms with Gasteiger partial charge in [0.1, 0.15) is 5.75 Å². The SMILES string of the molecule is CC(C)(CC(C)(C)P(=O)(O)O)c1ccccc1O. The largest absolute Gasteiger partial charge is 0.508 e. The second-order valence-corrected chi connectivity index (χ2v) is 8.23. The maximum absolute atomic E-state index is 11.5. The van der Waals surface area contributed by atoms with Crippen LogP contribution in [0.3, 0.4) is 0 Å². The molecule has 0 radical (unpaired) electrons. The standard InChI is InChI=1S/C13H21O4P/c1-12(2,9-13(3,4)18(15,16)17)10-7-5-6-8-11(10)14/h5-8,14H,9H2,1-4H3,(H2,15,16,17). The predicted molar refractivity (Wildman–Crippen MR) is 71.9 cm³/mol. The summed E-state index contributed by atoms with van der Waals surface area (Å²) in [6, 6.07) is 6.90. The second-order valence-electron chi connectivity index (χ2n) is 5.93. The molecule has 5 heteroatoms. The highest BCUT2D eigenvalue weighted by Gasteiger charge is 2.42. The Morgan fingerprint density at radius 3 is 2.06 bits per heavy atom. The molecule has 1 rings (SSSR count). The predicted octanol–water partition coefficient (Wildman–Crippen LogP) is 3.02. The van der Waals surface area contributed by atoms with Crippen molar-refractivity contribution in [3.05, 3.63) is 29.8 Å². The van der Waals surface area contributed by atoms with E-state index in [1.807, 2.05) is 13.8 Å². The number of hydrogen-bond donors (Lipinski definition) is 3. The fourth-order valence-corrected chi connectivity index (χ4v) is 2.93. The van der Waals surface area contributed by atoms with E-state index in [1.54, 1.807) is 38.1 Å². The van der Waals surface area contributed by atoms with Gasteiger partial charge in [0.15, 0.2) is 0 Å². The maximum atomic E-state index is 11.5. The third-order valence-electron chi connectivity index (χ3n) is 3.30. The molecule has 0 bridgehead atoms. The first kappa shape index (κ1) is 15.2. The van der Waals surface area contributed by atoms with Crippen molar-refractivity contribution in [2.45, 2.75) is 44.7 Å². The molecule has 3 N–H and O–H groups in total. The minimum Gasteiger partial charge on any atom is -0.508 e. The van der Waals surface area contributed by atoms with Crippen LogP contribution >= 0.6 is 7.60 Å². The summed E-state index contributed by atoms with van der Waals surface area (Å²) < 4.78 is 11.5. The van der Waals surface area contributed by atoms with Crippen LogP contribution in [-0.4, -0.2) is 20.0 Å². The molecule has 18 heavy (non-hydrogen) atoms. The Bertz CT molecular complexity index is 474. The van der Waals surface area contributed by atoms with Gasteiger partial charge in [-0.05, 0) is 37.3 Å². The lowest BCUT2D eigenvalue weighted by Crippen LogP contribution is -2.31. The van der Waals surface area contributed by atoms with Gasteiger partial charge in [-0.2, -0.15) is 0 Å². The monoisotopic (exact) mass is 272 g/mol. The summed E-state index contributed by atoms with van der Waals surface area (Å²) in [5, 5.41) is 8.73. The zero-order chi connectivity index (χ0) is 14.2. The van der Waals surface area contributed by atoms with E-state index in [0.29, 0.717) is 5.56 Å². The van der Waals surface area contributed by atoms with Gasteiger partial charge in [-0.3, -0.25) is 4.57 Å². The first-order valence-corrected chi connectivity index (χ1v) is 7.43. The van der Waals surface area contributed by atoms with Gasteiger partial charge < -0.3 is 14.9 Å². The topological polar surface area (TPSA) is 77.8 Å². The van der Waals surface area contributed by atoms with E-state index in [1.165, 1.54) is 0 Å². The molecule has 0 atom stereocenters. The van der Waals surface area contributed by atoms with Gasteiger partial charge in [0.05, 0.1) is 5.16 Å². The van der Waals surface area contributed by atoms with Gasteiger partial charge in [0.25, 0.3) is 0 Å². The van der Waals surface area contributed by atoms with Gasteiger partial charge in [0.2, 0.25) is 0 Å². The number of para-hydroxylation sites is 1. The van der Waals surface area contributed by atoms with Crippen molar-refractivity contribution in [1.82, 2.24) is 0 Å². The molecule has 0 saturated heterocycles. The first-order chi connectivity index (χ1) is 7.97. The molecule has 1 aromatic rings. The highest BCUT2D eigenvalue weighted by atomic mass is 31.2. The molecule has 0 unspecified atom stereocenters. The Labute approximate surface area is 108 Å². The van der Waals surface area contributed by atoms with Crippen LogP contribution in [0.25, 0.3) is 0 Å². The summed E-state index contributed by atoms with van der Waals surface area (Å²) in [5.74, 6) is 0.156. The van der Waals surface area contributed by atoms with Crippen molar-refractivity contribution in [2.24, 2.45) is 0 Å². The summed E-state index contributed by atoms with van der Waals surface area (Å²) in [5.41, 5.74) is 0.183. The van der Waals surface area contributed by atoms with Crippen LogP contribution in [0.15, 0.2) is 24.3 Å². The van der Waals surface area contributed by atoms with E-state index < -0.39 is 18.2 Å². The smallest absolute Gasteiger partial charge is 0.331 e. The van der Waals surface area contributed by atoms with Crippen LogP contribution in [0.1, 0.15) is 39.7 Å². The molecule has 0 heterocycles. The minimum absolute atomic E-state index is 0.156. The van der Waals surface area contributed by atoms with Crippen molar-refractivity contribution in [3.8, 4) is 5.75 Å². The zero-order valence-corrected chi connectivity index (χ0v) is 12.1. The fraction of sp³-hybridized carbons (Fsp3) is 0.538. The maximum Gasteiger partial charge on any atom is 0.331 e. The van der Waals surface area contributed by atoms with Gasteiger partial charge in [-0.25, -0.2) is 0 Å². The average molecular weight is 272 g/mol. The molecule has 4 nitrogen and oxygen atoms in total. The second kappa shape index (κ2) is 4.69. The molecule has 0 fully saturated rings. The zero-order valence-electron chi connectivity index (χ0n) is 11.2. The molecular weight excluding hydrogens is 251 g/mol. The lowest BCUT2D eigenvalue weighted by Gasteiger charge is -2.35. The van der Waals surface area contributed by atoms with E-state index >= 15 is 0 Å². The Balaban J connectivity index is 3.10. The van der Waals surface area contributed by atoms with Gasteiger partial charge in [0, 0.05) is 0 Å². The molecule has 102 valence electrons. The molecule has 0 aromatic heterocycles. The van der Waals surface area contributed by atoms with Gasteiger partial charge >= 0.3 is 7.60 Å². The van der Waals surface area contributed by atoms with Crippen LogP contribution in [0.4, 0.5) is 0 Å². The minimum atomic E-state index is -4.18. The Kier molecular flexibility index (Phi) is 3.97. The summed E-state index contributed by atoms with van der Waals surface area (Å²) in [4.78, 5) is 18.7. The third kappa shape index (κ3) is 3.14. The third-order valence-corrected chi connectivity index (χ3v) is 5.03. The van der Waals surface area contributed by atoms with E-state index in [9.17, 15) is 19.5 Å². The van der Waals surface area contributed by atoms with Crippen molar-refractivity contribution in [2.75, 3.05) is 0 Å². The highest BCUT2D eigenvalue weighted by molar-refractivity contribution is 7.53. The first-order valence-electron chi connectivity index (χ1n) is 5.81. The molecule has 0 amide bonds. The van der Waals surface area contributed by atoms with Crippen LogP contribution in [0, 0.1) is 0 Å². The summed E-state index contributed by atoms with van der Waals surface area (Å²) in [6.07, 6.45) is 0.280. The fourth-order valence-electron chi connectivity index (χ4n) is 2.33. The number of hydrogen-bond acceptors (Lipinski definition) is 2. The lowest BCUT2D eigenvalue weighted by atomic mass is 9.77. The van der Waals surface area contributed by atoms with Crippen molar-refractivity contribution in [3.63, 3.8) is 0 Å². The van der Waals surface area contributed by atoms with Crippen molar-refractivity contribution in [1.29, 1.82) is 0 Å². The number of benzene rings is 1. The molecule has 0 spiro atoms. The average Bonchev–Trinajstić information content (AvgIpc) is 2.14. The van der Waals surface area contributed by atoms with E-state index in [4.69, 9.17) is 0 Å². The van der Waals surface area contributed by atoms with Crippen LogP contribution in [0.2, 0.25) is 0 Å². The van der Waals surface area contributed by atoms with Crippen LogP contribution in [-0.2, 0) is 9.98 Å². The molecule has 0 aliphatic carbocycles.